The molecule has 0 aromatic heterocycles. The molecular formula is C19H27NO4. The van der Waals surface area contributed by atoms with Gasteiger partial charge in [0.1, 0.15) is 18.3 Å². The van der Waals surface area contributed by atoms with Gasteiger partial charge in [0.05, 0.1) is 6.61 Å². The molecule has 1 aromatic rings. The van der Waals surface area contributed by atoms with E-state index < -0.39 is 12.4 Å². The molecule has 1 aromatic carbocycles. The van der Waals surface area contributed by atoms with Crippen LogP contribution in [0.1, 0.15) is 24.0 Å². The number of benzene rings is 1. The minimum Gasteiger partial charge on any atom is -0.385 e. The van der Waals surface area contributed by atoms with Crippen LogP contribution >= 0.6 is 0 Å². The van der Waals surface area contributed by atoms with E-state index in [2.05, 4.69) is 29.2 Å². The number of aliphatic hydroxyl groups is 1. The summed E-state index contributed by atoms with van der Waals surface area (Å²) in [6.07, 6.45) is 1.77. The Kier molecular flexibility index (Phi) is 4.88. The summed E-state index contributed by atoms with van der Waals surface area (Å²) in [4.78, 5) is 2.38. The zero-order valence-corrected chi connectivity index (χ0v) is 14.3. The van der Waals surface area contributed by atoms with E-state index in [1.54, 1.807) is 7.11 Å². The number of ether oxygens (including phenoxy) is 3. The summed E-state index contributed by atoms with van der Waals surface area (Å²) in [5.74, 6) is 0.652. The fourth-order valence-electron chi connectivity index (χ4n) is 3.76. The quantitative estimate of drug-likeness (QED) is 0.856. The molecule has 1 unspecified atom stereocenters. The average molecular weight is 333 g/mol. The van der Waals surface area contributed by atoms with Crippen LogP contribution in [0.25, 0.3) is 0 Å². The van der Waals surface area contributed by atoms with Crippen molar-refractivity contribution in [2.45, 2.75) is 50.4 Å². The number of hydrogen-bond acceptors (Lipinski definition) is 5. The molecule has 24 heavy (non-hydrogen) atoms. The number of fused-ring (bicyclic) bond motifs is 1. The Morgan fingerprint density at radius 2 is 2.04 bits per heavy atom. The van der Waals surface area contributed by atoms with Crippen molar-refractivity contribution in [1.82, 2.24) is 4.90 Å². The van der Waals surface area contributed by atoms with E-state index in [1.165, 1.54) is 24.0 Å². The monoisotopic (exact) mass is 333 g/mol. The molecule has 3 aliphatic rings. The second kappa shape index (κ2) is 7.10. The van der Waals surface area contributed by atoms with E-state index in [9.17, 15) is 5.11 Å². The molecule has 5 nitrogen and oxygen atoms in total. The van der Waals surface area contributed by atoms with Gasteiger partial charge < -0.3 is 19.3 Å². The predicted molar refractivity (Wildman–Crippen MR) is 89.6 cm³/mol. The molecule has 1 saturated heterocycles. The Bertz CT molecular complexity index is 562. The lowest BCUT2D eigenvalue weighted by Gasteiger charge is -2.31. The van der Waals surface area contributed by atoms with Gasteiger partial charge in [0.25, 0.3) is 0 Å². The summed E-state index contributed by atoms with van der Waals surface area (Å²) in [5, 5.41) is 10.4. The molecule has 0 radical (unpaired) electrons. The third kappa shape index (κ3) is 3.51. The van der Waals surface area contributed by atoms with Crippen LogP contribution in [0.4, 0.5) is 0 Å². The summed E-state index contributed by atoms with van der Waals surface area (Å²) in [7, 11) is 1.64. The largest absolute Gasteiger partial charge is 0.385 e. The van der Waals surface area contributed by atoms with Crippen molar-refractivity contribution < 1.29 is 19.3 Å². The summed E-state index contributed by atoms with van der Waals surface area (Å²) >= 11 is 0. The van der Waals surface area contributed by atoms with Crippen LogP contribution < -0.4 is 0 Å². The smallest absolute Gasteiger partial charge is 0.186 e. The first kappa shape index (κ1) is 16.5. The highest BCUT2D eigenvalue weighted by molar-refractivity contribution is 5.29. The first-order valence-corrected chi connectivity index (χ1v) is 9.01. The first-order chi connectivity index (χ1) is 11.7. The maximum absolute atomic E-state index is 10.4. The van der Waals surface area contributed by atoms with Crippen LogP contribution in [0.15, 0.2) is 24.3 Å². The molecule has 1 saturated carbocycles. The van der Waals surface area contributed by atoms with Crippen LogP contribution in [-0.4, -0.2) is 61.4 Å². The van der Waals surface area contributed by atoms with Gasteiger partial charge in [-0.3, -0.25) is 4.90 Å². The van der Waals surface area contributed by atoms with E-state index in [4.69, 9.17) is 14.2 Å². The van der Waals surface area contributed by atoms with Gasteiger partial charge in [-0.2, -0.15) is 0 Å². The first-order valence-electron chi connectivity index (χ1n) is 9.01. The highest BCUT2D eigenvalue weighted by Crippen LogP contribution is 2.32. The van der Waals surface area contributed by atoms with Crippen molar-refractivity contribution in [2.24, 2.45) is 5.92 Å². The van der Waals surface area contributed by atoms with Crippen molar-refractivity contribution in [3.8, 4) is 0 Å². The summed E-state index contributed by atoms with van der Waals surface area (Å²) in [6, 6.07) is 8.61. The number of rotatable bonds is 6. The molecule has 2 fully saturated rings. The maximum Gasteiger partial charge on any atom is 0.186 e. The van der Waals surface area contributed by atoms with E-state index in [0.29, 0.717) is 12.5 Å². The molecule has 4 atom stereocenters. The van der Waals surface area contributed by atoms with Crippen molar-refractivity contribution in [1.29, 1.82) is 0 Å². The summed E-state index contributed by atoms with van der Waals surface area (Å²) in [6.45, 7) is 3.38. The van der Waals surface area contributed by atoms with Crippen LogP contribution in [0.3, 0.4) is 0 Å². The fourth-order valence-corrected chi connectivity index (χ4v) is 3.76. The molecular weight excluding hydrogens is 306 g/mol. The highest BCUT2D eigenvalue weighted by Gasteiger charge is 2.45. The molecule has 0 spiro atoms. The average Bonchev–Trinajstić information content (AvgIpc) is 3.38. The van der Waals surface area contributed by atoms with E-state index in [1.807, 2.05) is 0 Å². The number of aliphatic hydroxyl groups excluding tert-OH is 1. The lowest BCUT2D eigenvalue weighted by atomic mass is 9.99. The molecule has 4 rings (SSSR count). The SMILES string of the molecule is CO[C@H]1[C@@H](CN2CCc3ccccc3C2)OC(OCC2CC2)[C@@H]1O. The van der Waals surface area contributed by atoms with Crippen molar-refractivity contribution in [2.75, 3.05) is 26.8 Å². The van der Waals surface area contributed by atoms with Gasteiger partial charge in [-0.1, -0.05) is 24.3 Å². The Balaban J connectivity index is 1.36. The van der Waals surface area contributed by atoms with Crippen LogP contribution in [0.2, 0.25) is 0 Å². The van der Waals surface area contributed by atoms with Gasteiger partial charge in [-0.15, -0.1) is 0 Å². The van der Waals surface area contributed by atoms with Crippen LogP contribution in [0.5, 0.6) is 0 Å². The predicted octanol–water partition coefficient (Wildman–Crippen LogP) is 1.57. The van der Waals surface area contributed by atoms with E-state index >= 15 is 0 Å². The van der Waals surface area contributed by atoms with Crippen molar-refractivity contribution in [3.05, 3.63) is 35.4 Å². The molecule has 1 aliphatic carbocycles. The Morgan fingerprint density at radius 3 is 2.79 bits per heavy atom. The lowest BCUT2D eigenvalue weighted by molar-refractivity contribution is -0.169. The Morgan fingerprint density at radius 1 is 1.25 bits per heavy atom. The summed E-state index contributed by atoms with van der Waals surface area (Å²) in [5.41, 5.74) is 2.83. The Labute approximate surface area is 143 Å². The second-order valence-electron chi connectivity index (χ2n) is 7.26. The number of hydrogen-bond donors (Lipinski definition) is 1. The molecule has 0 bridgehead atoms. The number of nitrogens with zero attached hydrogens (tertiary/aromatic N) is 1. The van der Waals surface area contributed by atoms with Gasteiger partial charge in [0.2, 0.25) is 0 Å². The minimum absolute atomic E-state index is 0.153. The van der Waals surface area contributed by atoms with E-state index in [-0.39, 0.29) is 12.2 Å². The normalized spacial score (nSPS) is 33.6. The zero-order valence-electron chi connectivity index (χ0n) is 14.3. The van der Waals surface area contributed by atoms with Gasteiger partial charge in [0.15, 0.2) is 6.29 Å². The standard InChI is InChI=1S/C19H27NO4/c1-22-18-16(24-19(17(18)21)23-12-13-6-7-13)11-20-9-8-14-4-2-3-5-15(14)10-20/h2-5,13,16-19,21H,6-12H2,1H3/t16-,17-,18+,19?/m1/s1. The topological polar surface area (TPSA) is 51.2 Å². The van der Waals surface area contributed by atoms with Crippen LogP contribution in [-0.2, 0) is 27.2 Å². The fraction of sp³-hybridized carbons (Fsp3) is 0.684. The highest BCUT2D eigenvalue weighted by atomic mass is 16.7. The molecule has 0 amide bonds. The molecule has 2 aliphatic heterocycles. The zero-order chi connectivity index (χ0) is 16.5. The minimum atomic E-state index is -0.712. The van der Waals surface area contributed by atoms with Gasteiger partial charge in [-0.25, -0.2) is 0 Å². The van der Waals surface area contributed by atoms with Gasteiger partial charge in [0, 0.05) is 26.7 Å². The third-order valence-corrected chi connectivity index (χ3v) is 5.40. The second-order valence-corrected chi connectivity index (χ2v) is 7.26. The molecule has 5 heteroatoms. The van der Waals surface area contributed by atoms with Crippen LogP contribution in [0, 0.1) is 5.92 Å². The van der Waals surface area contributed by atoms with Crippen molar-refractivity contribution >= 4 is 0 Å². The molecule has 1 N–H and O–H groups in total. The molecule has 132 valence electrons. The number of methoxy groups -OCH3 is 1. The Hall–Kier alpha value is -0.980. The maximum atomic E-state index is 10.4. The van der Waals surface area contributed by atoms with Crippen molar-refractivity contribution in [3.63, 3.8) is 0 Å². The lowest BCUT2D eigenvalue weighted by Crippen LogP contribution is -2.43. The molecule has 2 heterocycles. The van der Waals surface area contributed by atoms with Gasteiger partial charge in [-0.05, 0) is 36.3 Å². The third-order valence-electron chi connectivity index (χ3n) is 5.40. The summed E-state index contributed by atoms with van der Waals surface area (Å²) < 4.78 is 17.3. The van der Waals surface area contributed by atoms with Gasteiger partial charge >= 0.3 is 0 Å². The van der Waals surface area contributed by atoms with E-state index in [0.717, 1.165) is 26.1 Å².